The van der Waals surface area contributed by atoms with Crippen LogP contribution in [0.4, 0.5) is 33.6 Å². The first-order valence-electron chi connectivity index (χ1n) is 10.0. The van der Waals surface area contributed by atoms with Crippen LogP contribution in [0.15, 0.2) is 77.9 Å². The number of anilines is 5. The van der Waals surface area contributed by atoms with Crippen molar-refractivity contribution in [2.75, 3.05) is 16.1 Å². The monoisotopic (exact) mass is 427 g/mol. The number of hydrazone groups is 1. The van der Waals surface area contributed by atoms with E-state index in [1.807, 2.05) is 56.3 Å². The standard InChI is InChI=1S/C24H22FN7/c1-16-11-12-21(17(2)13-16)28-23-29-22(27-20-9-4-3-5-10-20)30-24(31-23)32-26-15-18-7-6-8-19(25)14-18/h3-15H,1-2H3,(H3,27,28,29,30,31,32). The Morgan fingerprint density at radius 2 is 1.53 bits per heavy atom. The molecule has 1 heterocycles. The molecule has 0 fully saturated rings. The van der Waals surface area contributed by atoms with E-state index in [0.717, 1.165) is 16.9 Å². The first-order chi connectivity index (χ1) is 15.5. The normalized spacial score (nSPS) is 10.8. The fourth-order valence-corrected chi connectivity index (χ4v) is 3.01. The zero-order valence-electron chi connectivity index (χ0n) is 17.7. The van der Waals surface area contributed by atoms with E-state index in [1.54, 1.807) is 12.1 Å². The molecule has 0 spiro atoms. The molecule has 0 aliphatic rings. The van der Waals surface area contributed by atoms with Gasteiger partial charge in [0.25, 0.3) is 0 Å². The van der Waals surface area contributed by atoms with Crippen LogP contribution in [0.2, 0.25) is 0 Å². The first-order valence-corrected chi connectivity index (χ1v) is 10.0. The average Bonchev–Trinajstić information content (AvgIpc) is 2.76. The number of nitrogens with one attached hydrogen (secondary N) is 3. The number of para-hydroxylation sites is 1. The fourth-order valence-electron chi connectivity index (χ4n) is 3.01. The van der Waals surface area contributed by atoms with Crippen molar-refractivity contribution in [3.8, 4) is 0 Å². The lowest BCUT2D eigenvalue weighted by molar-refractivity contribution is 0.627. The molecular formula is C24H22FN7. The lowest BCUT2D eigenvalue weighted by atomic mass is 10.1. The topological polar surface area (TPSA) is 87.1 Å². The van der Waals surface area contributed by atoms with Crippen molar-refractivity contribution in [2.24, 2.45) is 5.10 Å². The highest BCUT2D eigenvalue weighted by molar-refractivity contribution is 5.80. The van der Waals surface area contributed by atoms with E-state index < -0.39 is 0 Å². The SMILES string of the molecule is Cc1ccc(Nc2nc(NN=Cc3cccc(F)c3)nc(Nc3ccccc3)n2)c(C)c1. The number of hydrogen-bond donors (Lipinski definition) is 3. The number of rotatable bonds is 7. The highest BCUT2D eigenvalue weighted by Crippen LogP contribution is 2.22. The smallest absolute Gasteiger partial charge is 0.250 e. The van der Waals surface area contributed by atoms with Crippen LogP contribution >= 0.6 is 0 Å². The summed E-state index contributed by atoms with van der Waals surface area (Å²) in [5.74, 6) is 0.609. The van der Waals surface area contributed by atoms with Gasteiger partial charge in [0.2, 0.25) is 17.8 Å². The van der Waals surface area contributed by atoms with Gasteiger partial charge in [0, 0.05) is 11.4 Å². The summed E-state index contributed by atoms with van der Waals surface area (Å²) in [6.07, 6.45) is 1.49. The minimum atomic E-state index is -0.330. The third-order valence-corrected chi connectivity index (χ3v) is 4.52. The maximum absolute atomic E-state index is 13.4. The average molecular weight is 427 g/mol. The summed E-state index contributed by atoms with van der Waals surface area (Å²) in [5.41, 5.74) is 7.38. The van der Waals surface area contributed by atoms with Gasteiger partial charge in [0.05, 0.1) is 6.21 Å². The highest BCUT2D eigenvalue weighted by atomic mass is 19.1. The molecule has 8 heteroatoms. The molecule has 7 nitrogen and oxygen atoms in total. The van der Waals surface area contributed by atoms with Crippen LogP contribution in [0.5, 0.6) is 0 Å². The number of aryl methyl sites for hydroxylation is 2. The van der Waals surface area contributed by atoms with Gasteiger partial charge in [-0.1, -0.05) is 48.0 Å². The summed E-state index contributed by atoms with van der Waals surface area (Å²) in [6, 6.07) is 21.8. The second-order valence-corrected chi connectivity index (χ2v) is 7.17. The first kappa shape index (κ1) is 20.9. The van der Waals surface area contributed by atoms with E-state index in [-0.39, 0.29) is 11.8 Å². The Labute approximate surface area is 185 Å². The van der Waals surface area contributed by atoms with Crippen LogP contribution in [-0.2, 0) is 0 Å². The molecule has 0 aliphatic carbocycles. The molecule has 0 unspecified atom stereocenters. The third kappa shape index (κ3) is 5.63. The summed E-state index contributed by atoms with van der Waals surface area (Å²) in [5, 5.41) is 10.5. The van der Waals surface area contributed by atoms with E-state index in [0.29, 0.717) is 17.5 Å². The molecule has 0 saturated heterocycles. The molecule has 0 radical (unpaired) electrons. The van der Waals surface area contributed by atoms with Crippen molar-refractivity contribution in [1.82, 2.24) is 15.0 Å². The predicted octanol–water partition coefficient (Wildman–Crippen LogP) is 5.56. The van der Waals surface area contributed by atoms with Crippen LogP contribution in [-0.4, -0.2) is 21.2 Å². The Bertz CT molecular complexity index is 1240. The summed E-state index contributed by atoms with van der Waals surface area (Å²) in [6.45, 7) is 4.06. The minimum absolute atomic E-state index is 0.235. The minimum Gasteiger partial charge on any atom is -0.324 e. The summed E-state index contributed by atoms with van der Waals surface area (Å²) < 4.78 is 13.4. The Morgan fingerprint density at radius 3 is 2.28 bits per heavy atom. The molecule has 0 atom stereocenters. The van der Waals surface area contributed by atoms with E-state index in [2.05, 4.69) is 42.2 Å². The van der Waals surface area contributed by atoms with Crippen LogP contribution in [0, 0.1) is 19.7 Å². The predicted molar refractivity (Wildman–Crippen MR) is 126 cm³/mol. The van der Waals surface area contributed by atoms with Crippen LogP contribution in [0.1, 0.15) is 16.7 Å². The zero-order chi connectivity index (χ0) is 22.3. The van der Waals surface area contributed by atoms with Crippen LogP contribution in [0.25, 0.3) is 0 Å². The van der Waals surface area contributed by atoms with Gasteiger partial charge < -0.3 is 10.6 Å². The van der Waals surface area contributed by atoms with E-state index in [1.165, 1.54) is 23.9 Å². The number of halogens is 1. The van der Waals surface area contributed by atoms with Gasteiger partial charge in [-0.05, 0) is 55.3 Å². The maximum atomic E-state index is 13.4. The lowest BCUT2D eigenvalue weighted by Crippen LogP contribution is -2.07. The van der Waals surface area contributed by atoms with Crippen LogP contribution < -0.4 is 16.1 Å². The Balaban J connectivity index is 1.60. The second-order valence-electron chi connectivity index (χ2n) is 7.17. The second kappa shape index (κ2) is 9.65. The third-order valence-electron chi connectivity index (χ3n) is 4.52. The molecule has 32 heavy (non-hydrogen) atoms. The molecule has 4 aromatic rings. The van der Waals surface area contributed by atoms with Gasteiger partial charge in [-0.25, -0.2) is 9.82 Å². The van der Waals surface area contributed by atoms with Gasteiger partial charge in [-0.2, -0.15) is 20.1 Å². The van der Waals surface area contributed by atoms with Crippen molar-refractivity contribution in [2.45, 2.75) is 13.8 Å². The molecule has 3 aromatic carbocycles. The number of benzene rings is 3. The van der Waals surface area contributed by atoms with Gasteiger partial charge in [-0.3, -0.25) is 0 Å². The Morgan fingerprint density at radius 1 is 0.781 bits per heavy atom. The maximum Gasteiger partial charge on any atom is 0.250 e. The van der Waals surface area contributed by atoms with E-state index in [9.17, 15) is 4.39 Å². The molecule has 0 bridgehead atoms. The summed E-state index contributed by atoms with van der Waals surface area (Å²) in [4.78, 5) is 13.3. The zero-order valence-corrected chi connectivity index (χ0v) is 17.7. The molecule has 0 amide bonds. The van der Waals surface area contributed by atoms with Gasteiger partial charge in [0.1, 0.15) is 5.82 Å². The van der Waals surface area contributed by atoms with Gasteiger partial charge >= 0.3 is 0 Å². The largest absolute Gasteiger partial charge is 0.324 e. The van der Waals surface area contributed by atoms with E-state index >= 15 is 0 Å². The van der Waals surface area contributed by atoms with Gasteiger partial charge in [0.15, 0.2) is 0 Å². The molecule has 0 saturated carbocycles. The van der Waals surface area contributed by atoms with Crippen molar-refractivity contribution in [3.05, 3.63) is 95.3 Å². The fraction of sp³-hybridized carbons (Fsp3) is 0.0833. The number of hydrogen-bond acceptors (Lipinski definition) is 7. The Kier molecular flexibility index (Phi) is 6.31. The molecule has 160 valence electrons. The molecular weight excluding hydrogens is 405 g/mol. The quantitative estimate of drug-likeness (QED) is 0.264. The number of nitrogens with zero attached hydrogens (tertiary/aromatic N) is 4. The van der Waals surface area contributed by atoms with Crippen molar-refractivity contribution in [1.29, 1.82) is 0 Å². The molecule has 0 aliphatic heterocycles. The van der Waals surface area contributed by atoms with Gasteiger partial charge in [-0.15, -0.1) is 0 Å². The molecule has 1 aromatic heterocycles. The van der Waals surface area contributed by atoms with Crippen molar-refractivity contribution >= 4 is 35.4 Å². The lowest BCUT2D eigenvalue weighted by Gasteiger charge is -2.12. The molecule has 4 rings (SSSR count). The molecule has 3 N–H and O–H groups in total. The van der Waals surface area contributed by atoms with Crippen molar-refractivity contribution in [3.63, 3.8) is 0 Å². The van der Waals surface area contributed by atoms with Crippen molar-refractivity contribution < 1.29 is 4.39 Å². The summed E-state index contributed by atoms with van der Waals surface area (Å²) in [7, 11) is 0. The highest BCUT2D eigenvalue weighted by Gasteiger charge is 2.09. The van der Waals surface area contributed by atoms with Crippen LogP contribution in [0.3, 0.4) is 0 Å². The summed E-state index contributed by atoms with van der Waals surface area (Å²) >= 11 is 0. The van der Waals surface area contributed by atoms with E-state index in [4.69, 9.17) is 0 Å². The number of aromatic nitrogens is 3. The Hall–Kier alpha value is -4.33.